The van der Waals surface area contributed by atoms with Gasteiger partial charge in [0.05, 0.1) is 22.4 Å². The quantitative estimate of drug-likeness (QED) is 0.683. The number of halogens is 1. The molecule has 25 heavy (non-hydrogen) atoms. The summed E-state index contributed by atoms with van der Waals surface area (Å²) in [5.74, 6) is -0.338. The largest absolute Gasteiger partial charge is 0.465 e. The third-order valence-electron chi connectivity index (χ3n) is 3.13. The molecule has 0 bridgehead atoms. The highest BCUT2D eigenvalue weighted by Crippen LogP contribution is 2.31. The van der Waals surface area contributed by atoms with Gasteiger partial charge in [0.25, 0.3) is 0 Å². The normalized spacial score (nSPS) is 10.9. The van der Waals surface area contributed by atoms with E-state index in [0.29, 0.717) is 22.6 Å². The minimum Gasteiger partial charge on any atom is -0.465 e. The van der Waals surface area contributed by atoms with Crippen molar-refractivity contribution < 1.29 is 14.3 Å². The molecule has 0 fully saturated rings. The van der Waals surface area contributed by atoms with Crippen LogP contribution in [0.2, 0.25) is 4.34 Å². The molecule has 0 aromatic carbocycles. The summed E-state index contributed by atoms with van der Waals surface area (Å²) in [5, 5.41) is 5.76. The maximum atomic E-state index is 12.1. The minimum atomic E-state index is -0.397. The number of hydrogen-bond acceptors (Lipinski definition) is 6. The predicted octanol–water partition coefficient (Wildman–Crippen LogP) is 2.76. The van der Waals surface area contributed by atoms with Crippen molar-refractivity contribution >= 4 is 40.8 Å². The summed E-state index contributed by atoms with van der Waals surface area (Å²) in [6.07, 6.45) is 1.70. The molecule has 2 aromatic heterocycles. The molecule has 9 heteroatoms. The number of anilines is 1. The molecule has 2 N–H and O–H groups in total. The zero-order chi connectivity index (χ0) is 18.4. The average molecular weight is 385 g/mol. The number of carbonyl (C=O) groups excluding carboxylic acids is 2. The van der Waals surface area contributed by atoms with Crippen LogP contribution in [0.4, 0.5) is 5.95 Å². The lowest BCUT2D eigenvalue weighted by Crippen LogP contribution is -2.33. The number of esters is 1. The van der Waals surface area contributed by atoms with E-state index < -0.39 is 5.97 Å². The van der Waals surface area contributed by atoms with Crippen LogP contribution >= 0.6 is 22.9 Å². The fourth-order valence-corrected chi connectivity index (χ4v) is 3.02. The fraction of sp³-hybridized carbons (Fsp3) is 0.438. The first kappa shape index (κ1) is 19.4. The van der Waals surface area contributed by atoms with Crippen molar-refractivity contribution in [1.29, 1.82) is 0 Å². The van der Waals surface area contributed by atoms with Gasteiger partial charge < -0.3 is 14.6 Å². The van der Waals surface area contributed by atoms with Crippen molar-refractivity contribution in [1.82, 2.24) is 14.9 Å². The maximum Gasteiger partial charge on any atom is 0.326 e. The van der Waals surface area contributed by atoms with Crippen LogP contribution in [0.1, 0.15) is 20.8 Å². The lowest BCUT2D eigenvalue weighted by atomic mass is 10.4. The highest BCUT2D eigenvalue weighted by Gasteiger charge is 2.16. The number of amides is 1. The van der Waals surface area contributed by atoms with Crippen LogP contribution in [0.3, 0.4) is 0 Å². The monoisotopic (exact) mass is 384 g/mol. The number of carbonyl (C=O) groups is 2. The standard InChI is InChI=1S/C16H21ClN4O3S/c1-4-24-15(23)9-21-8-11(12-5-6-13(17)25-12)19-16(21)20-14(22)7-18-10(2)3/h5-6,8,10,18H,4,7,9H2,1-3H3,(H,19,20,22). The van der Waals surface area contributed by atoms with E-state index in [0.717, 1.165) is 4.88 Å². The molecule has 0 saturated heterocycles. The Kier molecular flexibility index (Phi) is 6.98. The van der Waals surface area contributed by atoms with Crippen LogP contribution < -0.4 is 10.6 Å². The number of nitrogens with one attached hydrogen (secondary N) is 2. The predicted molar refractivity (Wildman–Crippen MR) is 99.0 cm³/mol. The molecule has 0 radical (unpaired) electrons. The molecule has 0 aliphatic carbocycles. The second-order valence-corrected chi connectivity index (χ2v) is 7.29. The Balaban J connectivity index is 2.20. The number of imidazole rings is 1. The fourth-order valence-electron chi connectivity index (χ4n) is 2.02. The minimum absolute atomic E-state index is 0.0346. The van der Waals surface area contributed by atoms with Gasteiger partial charge in [-0.3, -0.25) is 14.9 Å². The summed E-state index contributed by atoms with van der Waals surface area (Å²) in [4.78, 5) is 29.1. The summed E-state index contributed by atoms with van der Waals surface area (Å²) >= 11 is 7.34. The number of hydrogen-bond donors (Lipinski definition) is 2. The summed E-state index contributed by atoms with van der Waals surface area (Å²) in [7, 11) is 0. The van der Waals surface area contributed by atoms with Crippen molar-refractivity contribution in [3.8, 4) is 10.6 Å². The van der Waals surface area contributed by atoms with Crippen LogP contribution in [0.15, 0.2) is 18.3 Å². The molecule has 2 rings (SSSR count). The Labute approximate surface area is 155 Å². The highest BCUT2D eigenvalue weighted by molar-refractivity contribution is 7.19. The molecular formula is C16H21ClN4O3S. The van der Waals surface area contributed by atoms with Gasteiger partial charge in [-0.15, -0.1) is 11.3 Å². The van der Waals surface area contributed by atoms with E-state index >= 15 is 0 Å². The second-order valence-electron chi connectivity index (χ2n) is 5.57. The van der Waals surface area contributed by atoms with Gasteiger partial charge in [-0.1, -0.05) is 25.4 Å². The van der Waals surface area contributed by atoms with Crippen molar-refractivity contribution in [2.24, 2.45) is 0 Å². The summed E-state index contributed by atoms with van der Waals surface area (Å²) < 4.78 is 7.18. The molecule has 2 aromatic rings. The molecule has 0 atom stereocenters. The molecule has 0 aliphatic rings. The lowest BCUT2D eigenvalue weighted by molar-refractivity contribution is -0.143. The van der Waals surface area contributed by atoms with Crippen LogP contribution in [0.5, 0.6) is 0 Å². The Morgan fingerprint density at radius 3 is 2.76 bits per heavy atom. The molecule has 2 heterocycles. The van der Waals surface area contributed by atoms with Gasteiger partial charge in [-0.25, -0.2) is 4.98 Å². The molecule has 0 aliphatic heterocycles. The SMILES string of the molecule is CCOC(=O)Cn1cc(-c2ccc(Cl)s2)nc1NC(=O)CNC(C)C. The molecule has 136 valence electrons. The van der Waals surface area contributed by atoms with Gasteiger partial charge in [-0.05, 0) is 19.1 Å². The highest BCUT2D eigenvalue weighted by atomic mass is 35.5. The van der Waals surface area contributed by atoms with Crippen LogP contribution in [0.25, 0.3) is 10.6 Å². The molecule has 0 spiro atoms. The number of thiophene rings is 1. The number of nitrogens with zero attached hydrogens (tertiary/aromatic N) is 2. The smallest absolute Gasteiger partial charge is 0.326 e. The molecule has 0 saturated carbocycles. The van der Waals surface area contributed by atoms with Crippen molar-refractivity contribution in [3.63, 3.8) is 0 Å². The second kappa shape index (κ2) is 8.98. The van der Waals surface area contributed by atoms with Gasteiger partial charge in [0, 0.05) is 12.2 Å². The molecular weight excluding hydrogens is 364 g/mol. The average Bonchev–Trinajstić information content (AvgIpc) is 3.12. The van der Waals surface area contributed by atoms with E-state index in [1.807, 2.05) is 19.9 Å². The maximum absolute atomic E-state index is 12.1. The third-order valence-corrected chi connectivity index (χ3v) is 4.38. The first-order chi connectivity index (χ1) is 11.9. The van der Waals surface area contributed by atoms with Gasteiger partial charge >= 0.3 is 5.97 Å². The van der Waals surface area contributed by atoms with Gasteiger partial charge in [0.15, 0.2) is 0 Å². The summed E-state index contributed by atoms with van der Waals surface area (Å²) in [6.45, 7) is 6.06. The van der Waals surface area contributed by atoms with E-state index in [9.17, 15) is 9.59 Å². The van der Waals surface area contributed by atoms with Crippen LogP contribution in [-0.4, -0.2) is 40.6 Å². The topological polar surface area (TPSA) is 85.2 Å². The number of aromatic nitrogens is 2. The Morgan fingerprint density at radius 1 is 1.40 bits per heavy atom. The Hall–Kier alpha value is -1.90. The molecule has 0 unspecified atom stereocenters. The zero-order valence-corrected chi connectivity index (χ0v) is 15.9. The Bertz CT molecular complexity index is 742. The molecule has 1 amide bonds. The van der Waals surface area contributed by atoms with E-state index in [1.54, 1.807) is 23.8 Å². The van der Waals surface area contributed by atoms with Gasteiger partial charge in [0.1, 0.15) is 12.2 Å². The van der Waals surface area contributed by atoms with E-state index in [2.05, 4.69) is 15.6 Å². The number of ether oxygens (including phenoxy) is 1. The van der Waals surface area contributed by atoms with Crippen LogP contribution in [-0.2, 0) is 20.9 Å². The first-order valence-corrected chi connectivity index (χ1v) is 9.10. The molecule has 7 nitrogen and oxygen atoms in total. The van der Waals surface area contributed by atoms with Crippen molar-refractivity contribution in [2.75, 3.05) is 18.5 Å². The third kappa shape index (κ3) is 5.84. The van der Waals surface area contributed by atoms with Gasteiger partial charge in [0.2, 0.25) is 11.9 Å². The van der Waals surface area contributed by atoms with Gasteiger partial charge in [-0.2, -0.15) is 0 Å². The van der Waals surface area contributed by atoms with E-state index in [-0.39, 0.29) is 25.0 Å². The summed E-state index contributed by atoms with van der Waals surface area (Å²) in [5.41, 5.74) is 0.633. The lowest BCUT2D eigenvalue weighted by Gasteiger charge is -2.10. The van der Waals surface area contributed by atoms with E-state index in [4.69, 9.17) is 16.3 Å². The van der Waals surface area contributed by atoms with Crippen LogP contribution in [0, 0.1) is 0 Å². The number of rotatable bonds is 8. The zero-order valence-electron chi connectivity index (χ0n) is 14.3. The van der Waals surface area contributed by atoms with E-state index in [1.165, 1.54) is 11.3 Å². The summed E-state index contributed by atoms with van der Waals surface area (Å²) in [6, 6.07) is 3.81. The Morgan fingerprint density at radius 2 is 2.16 bits per heavy atom. The van der Waals surface area contributed by atoms with Crippen molar-refractivity contribution in [3.05, 3.63) is 22.7 Å². The van der Waals surface area contributed by atoms with Crippen molar-refractivity contribution in [2.45, 2.75) is 33.4 Å². The first-order valence-electron chi connectivity index (χ1n) is 7.90.